The Morgan fingerprint density at radius 1 is 0.947 bits per heavy atom. The third-order valence-electron chi connectivity index (χ3n) is 6.35. The highest BCUT2D eigenvalue weighted by atomic mass is 35.5. The SMILES string of the molecule is O=C(c1oc2ccccc2c1S(=O)(=O)c1ccc(Cl)cc1)N1CCC(Oc2ccc(C(F)(F)F)cc2)CC1. The third kappa shape index (κ3) is 5.10. The first-order valence-corrected chi connectivity index (χ1v) is 13.6. The molecule has 0 saturated carbocycles. The Labute approximate surface area is 221 Å². The van der Waals surface area contributed by atoms with E-state index >= 15 is 0 Å². The Hall–Kier alpha value is -3.50. The van der Waals surface area contributed by atoms with Crippen LogP contribution in [0.25, 0.3) is 11.0 Å². The summed E-state index contributed by atoms with van der Waals surface area (Å²) in [6.45, 7) is 0.503. The second-order valence-corrected chi connectivity index (χ2v) is 11.2. The highest BCUT2D eigenvalue weighted by Crippen LogP contribution is 2.36. The van der Waals surface area contributed by atoms with Gasteiger partial charge >= 0.3 is 6.18 Å². The van der Waals surface area contributed by atoms with Gasteiger partial charge in [0.2, 0.25) is 15.6 Å². The largest absolute Gasteiger partial charge is 0.490 e. The standard InChI is InChI=1S/C27H21ClF3NO5S/c28-18-7-11-21(12-8-18)38(34,35)25-22-3-1-2-4-23(22)37-24(25)26(33)32-15-13-20(14-16-32)36-19-9-5-17(6-10-19)27(29,30)31/h1-12,20H,13-16H2. The molecular formula is C27H21ClF3NO5S. The summed E-state index contributed by atoms with van der Waals surface area (Å²) in [7, 11) is -4.12. The van der Waals surface area contributed by atoms with E-state index in [2.05, 4.69) is 0 Å². The van der Waals surface area contributed by atoms with Crippen LogP contribution in [0.1, 0.15) is 29.0 Å². The first-order chi connectivity index (χ1) is 18.0. The summed E-state index contributed by atoms with van der Waals surface area (Å²) < 4.78 is 77.2. The summed E-state index contributed by atoms with van der Waals surface area (Å²) in [6.07, 6.45) is -3.93. The molecule has 5 rings (SSSR count). The van der Waals surface area contributed by atoms with Crippen LogP contribution < -0.4 is 4.74 Å². The van der Waals surface area contributed by atoms with Crippen molar-refractivity contribution in [2.45, 2.75) is 34.9 Å². The van der Waals surface area contributed by atoms with Crippen molar-refractivity contribution in [2.24, 2.45) is 0 Å². The van der Waals surface area contributed by atoms with Gasteiger partial charge in [0.1, 0.15) is 22.3 Å². The van der Waals surface area contributed by atoms with Gasteiger partial charge in [0, 0.05) is 36.3 Å². The van der Waals surface area contributed by atoms with Crippen molar-refractivity contribution < 1.29 is 35.5 Å². The van der Waals surface area contributed by atoms with Crippen molar-refractivity contribution >= 4 is 38.3 Å². The number of amides is 1. The number of nitrogens with zero attached hydrogens (tertiary/aromatic N) is 1. The first-order valence-electron chi connectivity index (χ1n) is 11.7. The summed E-state index contributed by atoms with van der Waals surface area (Å²) in [4.78, 5) is 14.8. The molecule has 3 aromatic carbocycles. The van der Waals surface area contributed by atoms with E-state index in [0.29, 0.717) is 29.0 Å². The van der Waals surface area contributed by atoms with Crippen molar-refractivity contribution in [2.75, 3.05) is 13.1 Å². The van der Waals surface area contributed by atoms with Crippen LogP contribution in [0, 0.1) is 0 Å². The lowest BCUT2D eigenvalue weighted by Gasteiger charge is -2.31. The molecule has 1 aliphatic heterocycles. The number of sulfone groups is 1. The molecule has 38 heavy (non-hydrogen) atoms. The Balaban J connectivity index is 1.36. The van der Waals surface area contributed by atoms with E-state index in [9.17, 15) is 26.4 Å². The normalized spacial score (nSPS) is 15.1. The summed E-state index contributed by atoms with van der Waals surface area (Å²) in [6, 6.07) is 16.6. The second-order valence-electron chi connectivity index (χ2n) is 8.85. The molecule has 1 aliphatic rings. The number of rotatable bonds is 5. The minimum absolute atomic E-state index is 0.0221. The lowest BCUT2D eigenvalue weighted by atomic mass is 10.1. The van der Waals surface area contributed by atoms with Gasteiger partial charge in [-0.3, -0.25) is 4.79 Å². The fourth-order valence-electron chi connectivity index (χ4n) is 4.40. The zero-order valence-corrected chi connectivity index (χ0v) is 21.3. The Bertz CT molecular complexity index is 1570. The van der Waals surface area contributed by atoms with E-state index in [1.54, 1.807) is 24.3 Å². The molecule has 1 saturated heterocycles. The average Bonchev–Trinajstić information content (AvgIpc) is 3.29. The molecule has 1 fully saturated rings. The number of furan rings is 1. The van der Waals surface area contributed by atoms with Gasteiger partial charge < -0.3 is 14.1 Å². The number of para-hydroxylation sites is 1. The minimum atomic E-state index is -4.43. The summed E-state index contributed by atoms with van der Waals surface area (Å²) in [5, 5.41) is 0.671. The molecule has 1 aromatic heterocycles. The van der Waals surface area contributed by atoms with Crippen LogP contribution >= 0.6 is 11.6 Å². The van der Waals surface area contributed by atoms with Crippen LogP contribution in [-0.4, -0.2) is 38.4 Å². The molecule has 0 atom stereocenters. The topological polar surface area (TPSA) is 76.8 Å². The maximum atomic E-state index is 13.6. The third-order valence-corrected chi connectivity index (χ3v) is 8.44. The minimum Gasteiger partial charge on any atom is -0.490 e. The summed E-state index contributed by atoms with van der Waals surface area (Å²) >= 11 is 5.92. The monoisotopic (exact) mass is 563 g/mol. The van der Waals surface area contributed by atoms with Crippen LogP contribution in [0.4, 0.5) is 13.2 Å². The van der Waals surface area contributed by atoms with E-state index in [1.165, 1.54) is 41.3 Å². The molecule has 198 valence electrons. The summed E-state index contributed by atoms with van der Waals surface area (Å²) in [5.74, 6) is -0.540. The van der Waals surface area contributed by atoms with Crippen LogP contribution in [0.15, 0.2) is 87.0 Å². The number of halogens is 4. The molecule has 0 bridgehead atoms. The van der Waals surface area contributed by atoms with Gasteiger partial charge in [-0.15, -0.1) is 0 Å². The van der Waals surface area contributed by atoms with Crippen LogP contribution in [-0.2, 0) is 16.0 Å². The lowest BCUT2D eigenvalue weighted by molar-refractivity contribution is -0.137. The van der Waals surface area contributed by atoms with Crippen LogP contribution in [0.5, 0.6) is 5.75 Å². The highest BCUT2D eigenvalue weighted by molar-refractivity contribution is 7.91. The Morgan fingerprint density at radius 3 is 2.21 bits per heavy atom. The van der Waals surface area contributed by atoms with Crippen molar-refractivity contribution in [1.29, 1.82) is 0 Å². The van der Waals surface area contributed by atoms with E-state index in [1.807, 2.05) is 0 Å². The van der Waals surface area contributed by atoms with E-state index in [-0.39, 0.29) is 40.3 Å². The number of alkyl halides is 3. The van der Waals surface area contributed by atoms with Gasteiger partial charge in [-0.25, -0.2) is 8.42 Å². The van der Waals surface area contributed by atoms with Crippen LogP contribution in [0.2, 0.25) is 5.02 Å². The molecule has 1 amide bonds. The fourth-order valence-corrected chi connectivity index (χ4v) is 6.08. The van der Waals surface area contributed by atoms with Crippen molar-refractivity contribution in [3.63, 3.8) is 0 Å². The predicted octanol–water partition coefficient (Wildman–Crippen LogP) is 6.62. The molecular weight excluding hydrogens is 543 g/mol. The smallest absolute Gasteiger partial charge is 0.416 e. The van der Waals surface area contributed by atoms with Gasteiger partial charge in [-0.2, -0.15) is 13.2 Å². The lowest BCUT2D eigenvalue weighted by Crippen LogP contribution is -2.42. The first kappa shape index (κ1) is 26.1. The molecule has 4 aromatic rings. The number of likely N-dealkylation sites (tertiary alicyclic amines) is 1. The quantitative estimate of drug-likeness (QED) is 0.273. The zero-order valence-electron chi connectivity index (χ0n) is 19.7. The molecule has 0 radical (unpaired) electrons. The van der Waals surface area contributed by atoms with Crippen molar-refractivity contribution in [3.8, 4) is 5.75 Å². The van der Waals surface area contributed by atoms with E-state index < -0.39 is 27.5 Å². The number of carbonyl (C=O) groups is 1. The van der Waals surface area contributed by atoms with E-state index in [4.69, 9.17) is 20.8 Å². The number of hydrogen-bond donors (Lipinski definition) is 0. The summed E-state index contributed by atoms with van der Waals surface area (Å²) in [5.41, 5.74) is -0.496. The maximum absolute atomic E-state index is 13.6. The van der Waals surface area contributed by atoms with Gasteiger partial charge in [-0.05, 0) is 60.7 Å². The Morgan fingerprint density at radius 2 is 1.58 bits per heavy atom. The zero-order chi connectivity index (χ0) is 27.1. The molecule has 0 aliphatic carbocycles. The molecule has 0 spiro atoms. The molecule has 0 N–H and O–H groups in total. The maximum Gasteiger partial charge on any atom is 0.416 e. The van der Waals surface area contributed by atoms with Crippen molar-refractivity contribution in [3.05, 3.63) is 89.1 Å². The van der Waals surface area contributed by atoms with Gasteiger partial charge in [0.15, 0.2) is 0 Å². The number of hydrogen-bond acceptors (Lipinski definition) is 5. The van der Waals surface area contributed by atoms with Gasteiger partial charge in [0.25, 0.3) is 5.91 Å². The number of benzene rings is 3. The molecule has 6 nitrogen and oxygen atoms in total. The number of piperidine rings is 1. The Kier molecular flexibility index (Phi) is 6.87. The molecule has 0 unspecified atom stereocenters. The molecule has 2 heterocycles. The van der Waals surface area contributed by atoms with Crippen molar-refractivity contribution in [1.82, 2.24) is 4.90 Å². The van der Waals surface area contributed by atoms with Gasteiger partial charge in [-0.1, -0.05) is 23.7 Å². The average molecular weight is 564 g/mol. The van der Waals surface area contributed by atoms with Crippen LogP contribution in [0.3, 0.4) is 0 Å². The highest BCUT2D eigenvalue weighted by Gasteiger charge is 2.35. The fraction of sp³-hybridized carbons (Fsp3) is 0.222. The second kappa shape index (κ2) is 9.99. The number of ether oxygens (including phenoxy) is 1. The number of carbonyl (C=O) groups excluding carboxylic acids is 1. The number of fused-ring (bicyclic) bond motifs is 1. The van der Waals surface area contributed by atoms with E-state index in [0.717, 1.165) is 12.1 Å². The molecule has 11 heteroatoms. The van der Waals surface area contributed by atoms with Gasteiger partial charge in [0.05, 0.1) is 10.5 Å². The predicted molar refractivity (Wildman–Crippen MR) is 134 cm³/mol.